The predicted octanol–water partition coefficient (Wildman–Crippen LogP) is 2.61. The average Bonchev–Trinajstić information content (AvgIpc) is 2.76. The van der Waals surface area contributed by atoms with Crippen LogP contribution in [0.5, 0.6) is 17.2 Å². The number of nitro benzene ring substituents is 1. The van der Waals surface area contributed by atoms with Gasteiger partial charge in [0.1, 0.15) is 5.69 Å². The van der Waals surface area contributed by atoms with Crippen LogP contribution >= 0.6 is 0 Å². The second-order valence-electron chi connectivity index (χ2n) is 6.12. The van der Waals surface area contributed by atoms with Crippen molar-refractivity contribution in [1.82, 2.24) is 5.32 Å². The number of carbonyl (C=O) groups excluding carboxylic acids is 1. The zero-order valence-electron chi connectivity index (χ0n) is 17.3. The molecule has 0 fully saturated rings. The van der Waals surface area contributed by atoms with Crippen molar-refractivity contribution in [3.05, 3.63) is 51.6 Å². The third-order valence-electron chi connectivity index (χ3n) is 4.26. The van der Waals surface area contributed by atoms with Crippen LogP contribution in [0.25, 0.3) is 0 Å². The van der Waals surface area contributed by atoms with E-state index in [0.717, 1.165) is 0 Å². The van der Waals surface area contributed by atoms with Crippen LogP contribution in [0.15, 0.2) is 30.3 Å². The molecule has 0 radical (unpaired) electrons. The van der Waals surface area contributed by atoms with E-state index in [1.807, 2.05) is 0 Å². The quantitative estimate of drug-likeness (QED) is 0.324. The number of methoxy groups -OCH3 is 4. The summed E-state index contributed by atoms with van der Waals surface area (Å²) in [4.78, 5) is 23.4. The van der Waals surface area contributed by atoms with Crippen LogP contribution in [0, 0.1) is 10.1 Å². The van der Waals surface area contributed by atoms with Crippen molar-refractivity contribution < 1.29 is 28.7 Å². The van der Waals surface area contributed by atoms with Gasteiger partial charge >= 0.3 is 0 Å². The molecule has 0 unspecified atom stereocenters. The molecule has 1 amide bonds. The molecule has 10 heteroatoms. The standard InChI is InChI=1S/C20H25N3O7/c1-27-8-7-21-15-6-5-14(11-16(15)23(25)26)20(24)22-12-13-9-17(28-2)19(30-4)18(10-13)29-3/h5-6,9-11,21H,7-8,12H2,1-4H3,(H,22,24). The third-order valence-corrected chi connectivity index (χ3v) is 4.26. The van der Waals surface area contributed by atoms with E-state index >= 15 is 0 Å². The predicted molar refractivity (Wildman–Crippen MR) is 111 cm³/mol. The molecular formula is C20H25N3O7. The smallest absolute Gasteiger partial charge is 0.293 e. The summed E-state index contributed by atoms with van der Waals surface area (Å²) < 4.78 is 20.8. The molecule has 0 heterocycles. The first-order valence-corrected chi connectivity index (χ1v) is 9.03. The van der Waals surface area contributed by atoms with Crippen molar-refractivity contribution in [3.63, 3.8) is 0 Å². The molecule has 162 valence electrons. The molecule has 2 N–H and O–H groups in total. The van der Waals surface area contributed by atoms with Gasteiger partial charge in [0.15, 0.2) is 11.5 Å². The maximum absolute atomic E-state index is 12.5. The number of amides is 1. The Balaban J connectivity index is 2.16. The topological polar surface area (TPSA) is 121 Å². The van der Waals surface area contributed by atoms with Crippen LogP contribution in [-0.2, 0) is 11.3 Å². The van der Waals surface area contributed by atoms with Gasteiger partial charge in [-0.15, -0.1) is 0 Å². The van der Waals surface area contributed by atoms with Crippen LogP contribution in [-0.4, -0.2) is 52.4 Å². The summed E-state index contributed by atoms with van der Waals surface area (Å²) in [6.07, 6.45) is 0. The molecule has 2 aromatic carbocycles. The Labute approximate surface area is 174 Å². The van der Waals surface area contributed by atoms with Gasteiger partial charge in [0.25, 0.3) is 11.6 Å². The number of anilines is 1. The van der Waals surface area contributed by atoms with Crippen LogP contribution < -0.4 is 24.8 Å². The fraction of sp³-hybridized carbons (Fsp3) is 0.350. The molecule has 30 heavy (non-hydrogen) atoms. The van der Waals surface area contributed by atoms with Crippen molar-refractivity contribution in [2.45, 2.75) is 6.54 Å². The molecule has 0 aliphatic rings. The van der Waals surface area contributed by atoms with Crippen molar-refractivity contribution in [3.8, 4) is 17.2 Å². The molecule has 0 saturated carbocycles. The van der Waals surface area contributed by atoms with Crippen molar-refractivity contribution in [2.24, 2.45) is 0 Å². The number of ether oxygens (including phenoxy) is 4. The Morgan fingerprint density at radius 3 is 2.23 bits per heavy atom. The van der Waals surface area contributed by atoms with E-state index in [1.165, 1.54) is 46.6 Å². The minimum atomic E-state index is -0.537. The summed E-state index contributed by atoms with van der Waals surface area (Å²) in [6, 6.07) is 7.69. The van der Waals surface area contributed by atoms with Crippen molar-refractivity contribution >= 4 is 17.3 Å². The van der Waals surface area contributed by atoms with Crippen LogP contribution in [0.2, 0.25) is 0 Å². The highest BCUT2D eigenvalue weighted by Crippen LogP contribution is 2.38. The van der Waals surface area contributed by atoms with E-state index in [2.05, 4.69) is 10.6 Å². The Morgan fingerprint density at radius 1 is 1.03 bits per heavy atom. The normalized spacial score (nSPS) is 10.3. The molecule has 0 aliphatic carbocycles. The molecule has 0 saturated heterocycles. The molecule has 0 aliphatic heterocycles. The maximum Gasteiger partial charge on any atom is 0.293 e. The molecular weight excluding hydrogens is 394 g/mol. The summed E-state index contributed by atoms with van der Waals surface area (Å²) in [6.45, 7) is 0.968. The molecule has 0 aromatic heterocycles. The lowest BCUT2D eigenvalue weighted by Gasteiger charge is -2.14. The fourth-order valence-corrected chi connectivity index (χ4v) is 2.78. The van der Waals surface area contributed by atoms with Gasteiger partial charge in [0, 0.05) is 31.8 Å². The minimum Gasteiger partial charge on any atom is -0.493 e. The van der Waals surface area contributed by atoms with E-state index in [9.17, 15) is 14.9 Å². The largest absolute Gasteiger partial charge is 0.493 e. The number of nitrogens with one attached hydrogen (secondary N) is 2. The van der Waals surface area contributed by atoms with E-state index in [1.54, 1.807) is 12.1 Å². The van der Waals surface area contributed by atoms with E-state index in [4.69, 9.17) is 18.9 Å². The van der Waals surface area contributed by atoms with Crippen molar-refractivity contribution in [1.29, 1.82) is 0 Å². The van der Waals surface area contributed by atoms with Gasteiger partial charge in [-0.3, -0.25) is 14.9 Å². The Morgan fingerprint density at radius 2 is 1.70 bits per heavy atom. The minimum absolute atomic E-state index is 0.164. The second-order valence-corrected chi connectivity index (χ2v) is 6.12. The summed E-state index contributed by atoms with van der Waals surface area (Å²) in [5, 5.41) is 17.0. The molecule has 2 aromatic rings. The Kier molecular flexibility index (Phi) is 8.24. The van der Waals surface area contributed by atoms with Gasteiger partial charge in [-0.1, -0.05) is 0 Å². The summed E-state index contributed by atoms with van der Waals surface area (Å²) in [5.41, 5.74) is 1.02. The maximum atomic E-state index is 12.5. The van der Waals surface area contributed by atoms with E-state index in [-0.39, 0.29) is 17.8 Å². The first kappa shape index (κ1) is 22.8. The fourth-order valence-electron chi connectivity index (χ4n) is 2.78. The number of benzene rings is 2. The zero-order chi connectivity index (χ0) is 22.1. The van der Waals surface area contributed by atoms with E-state index in [0.29, 0.717) is 41.7 Å². The van der Waals surface area contributed by atoms with Gasteiger partial charge < -0.3 is 29.6 Å². The van der Waals surface area contributed by atoms with Crippen molar-refractivity contribution in [2.75, 3.05) is 46.9 Å². The van der Waals surface area contributed by atoms with Gasteiger partial charge in [0.2, 0.25) is 5.75 Å². The van der Waals surface area contributed by atoms with Gasteiger partial charge in [-0.25, -0.2) is 0 Å². The molecule has 0 bridgehead atoms. The Hall–Kier alpha value is -3.53. The lowest BCUT2D eigenvalue weighted by Crippen LogP contribution is -2.23. The lowest BCUT2D eigenvalue weighted by atomic mass is 10.1. The third kappa shape index (κ3) is 5.51. The summed E-state index contributed by atoms with van der Waals surface area (Å²) in [7, 11) is 6.04. The lowest BCUT2D eigenvalue weighted by molar-refractivity contribution is -0.384. The monoisotopic (exact) mass is 419 g/mol. The number of nitro groups is 1. The second kappa shape index (κ2) is 10.9. The Bertz CT molecular complexity index is 877. The van der Waals surface area contributed by atoms with Crippen LogP contribution in [0.3, 0.4) is 0 Å². The number of hydrogen-bond acceptors (Lipinski definition) is 8. The summed E-state index contributed by atoms with van der Waals surface area (Å²) in [5.74, 6) is 0.920. The highest BCUT2D eigenvalue weighted by atomic mass is 16.6. The molecule has 0 atom stereocenters. The zero-order valence-corrected chi connectivity index (χ0v) is 17.3. The number of nitrogens with zero attached hydrogens (tertiary/aromatic N) is 1. The highest BCUT2D eigenvalue weighted by molar-refractivity contribution is 5.95. The van der Waals surface area contributed by atoms with Crippen LogP contribution in [0.4, 0.5) is 11.4 Å². The first-order chi connectivity index (χ1) is 14.4. The van der Waals surface area contributed by atoms with E-state index < -0.39 is 10.8 Å². The molecule has 10 nitrogen and oxygen atoms in total. The van der Waals surface area contributed by atoms with Gasteiger partial charge in [-0.05, 0) is 29.8 Å². The first-order valence-electron chi connectivity index (χ1n) is 9.03. The average molecular weight is 419 g/mol. The van der Waals surface area contributed by atoms with Gasteiger partial charge in [-0.2, -0.15) is 0 Å². The van der Waals surface area contributed by atoms with Gasteiger partial charge in [0.05, 0.1) is 32.9 Å². The number of carbonyl (C=O) groups is 1. The van der Waals surface area contributed by atoms with Crippen LogP contribution in [0.1, 0.15) is 15.9 Å². The number of rotatable bonds is 11. The number of hydrogen-bond donors (Lipinski definition) is 2. The highest BCUT2D eigenvalue weighted by Gasteiger charge is 2.18. The molecule has 2 rings (SSSR count). The summed E-state index contributed by atoms with van der Waals surface area (Å²) >= 11 is 0. The SMILES string of the molecule is COCCNc1ccc(C(=O)NCc2cc(OC)c(OC)c(OC)c2)cc1[N+](=O)[O-]. The molecule has 0 spiro atoms.